The molecule has 0 spiro atoms. The molecule has 4 nitrogen and oxygen atoms in total. The Kier molecular flexibility index (Phi) is 5.88. The van der Waals surface area contributed by atoms with E-state index in [1.54, 1.807) is 12.1 Å². The minimum absolute atomic E-state index is 0.0657. The van der Waals surface area contributed by atoms with Crippen LogP contribution in [0.2, 0.25) is 0 Å². The van der Waals surface area contributed by atoms with Gasteiger partial charge in [-0.15, -0.1) is 0 Å². The van der Waals surface area contributed by atoms with E-state index in [9.17, 15) is 17.2 Å². The van der Waals surface area contributed by atoms with Crippen molar-refractivity contribution < 1.29 is 21.4 Å². The highest BCUT2D eigenvalue weighted by Crippen LogP contribution is 2.30. The van der Waals surface area contributed by atoms with Crippen LogP contribution in [-0.2, 0) is 20.7 Å². The van der Waals surface area contributed by atoms with Crippen LogP contribution in [0.5, 0.6) is 0 Å². The summed E-state index contributed by atoms with van der Waals surface area (Å²) in [5.41, 5.74) is 0.555. The first kappa shape index (κ1) is 18.4. The van der Waals surface area contributed by atoms with Gasteiger partial charge in [0.25, 0.3) is 10.1 Å². The Balaban J connectivity index is 2.43. The van der Waals surface area contributed by atoms with Crippen LogP contribution in [0.25, 0.3) is 0 Å². The van der Waals surface area contributed by atoms with Crippen molar-refractivity contribution in [2.45, 2.75) is 12.5 Å². The predicted molar refractivity (Wildman–Crippen MR) is 88.4 cm³/mol. The van der Waals surface area contributed by atoms with Gasteiger partial charge >= 0.3 is 0 Å². The molecule has 0 saturated heterocycles. The monoisotopic (exact) mass is 469 g/mol. The SMILES string of the molecule is CS(=O)(=O)OC(Cc1cc(F)cc(F)c1)c1nc(Br)ccc1Br. The van der Waals surface area contributed by atoms with Gasteiger partial charge in [-0.3, -0.25) is 4.18 Å². The molecule has 9 heteroatoms. The summed E-state index contributed by atoms with van der Waals surface area (Å²) in [5, 5.41) is 0. The van der Waals surface area contributed by atoms with Crippen LogP contribution in [-0.4, -0.2) is 19.7 Å². The molecule has 1 aromatic heterocycles. The fourth-order valence-corrected chi connectivity index (χ4v) is 3.37. The second-order valence-electron chi connectivity index (χ2n) is 4.77. The Bertz CT molecular complexity index is 811. The van der Waals surface area contributed by atoms with Crippen LogP contribution in [0, 0.1) is 11.6 Å². The van der Waals surface area contributed by atoms with Gasteiger partial charge in [-0.2, -0.15) is 8.42 Å². The maximum absolute atomic E-state index is 13.3. The molecule has 2 rings (SSSR count). The van der Waals surface area contributed by atoms with Crippen molar-refractivity contribution in [2.24, 2.45) is 0 Å². The van der Waals surface area contributed by atoms with Crippen molar-refractivity contribution in [3.8, 4) is 0 Å². The molecule has 1 heterocycles. The summed E-state index contributed by atoms with van der Waals surface area (Å²) >= 11 is 6.47. The first-order chi connectivity index (χ1) is 10.6. The minimum atomic E-state index is -3.81. The molecule has 0 radical (unpaired) electrons. The van der Waals surface area contributed by atoms with E-state index in [0.29, 0.717) is 14.8 Å². The van der Waals surface area contributed by atoms with E-state index in [1.165, 1.54) is 0 Å². The summed E-state index contributed by atoms with van der Waals surface area (Å²) in [7, 11) is -3.81. The second-order valence-corrected chi connectivity index (χ2v) is 8.04. The molecule has 0 amide bonds. The van der Waals surface area contributed by atoms with Crippen LogP contribution in [0.15, 0.2) is 39.4 Å². The fourth-order valence-electron chi connectivity index (χ4n) is 1.99. The Labute approximate surface area is 149 Å². The van der Waals surface area contributed by atoms with Crippen LogP contribution < -0.4 is 0 Å². The Morgan fingerprint density at radius 1 is 1.17 bits per heavy atom. The fraction of sp³-hybridized carbons (Fsp3) is 0.214. The summed E-state index contributed by atoms with van der Waals surface area (Å²) < 4.78 is 55.7. The van der Waals surface area contributed by atoms with Gasteiger partial charge in [0.1, 0.15) is 22.3 Å². The van der Waals surface area contributed by atoms with Crippen molar-refractivity contribution in [3.63, 3.8) is 0 Å². The molecule has 0 aliphatic rings. The zero-order valence-corrected chi connectivity index (χ0v) is 15.8. The van der Waals surface area contributed by atoms with Gasteiger partial charge in [0.05, 0.1) is 11.9 Å². The maximum Gasteiger partial charge on any atom is 0.265 e. The van der Waals surface area contributed by atoms with Gasteiger partial charge in [-0.05, 0) is 61.7 Å². The molecule has 0 bridgehead atoms. The number of hydrogen-bond donors (Lipinski definition) is 0. The van der Waals surface area contributed by atoms with E-state index >= 15 is 0 Å². The molecule has 0 aliphatic carbocycles. The molecule has 23 heavy (non-hydrogen) atoms. The van der Waals surface area contributed by atoms with E-state index < -0.39 is 27.9 Å². The first-order valence-electron chi connectivity index (χ1n) is 6.29. The summed E-state index contributed by atoms with van der Waals surface area (Å²) in [4.78, 5) is 4.19. The third kappa shape index (κ3) is 5.59. The quantitative estimate of drug-likeness (QED) is 0.486. The molecular formula is C14H11Br2F2NO3S. The highest BCUT2D eigenvalue weighted by atomic mass is 79.9. The van der Waals surface area contributed by atoms with Crippen molar-refractivity contribution in [1.82, 2.24) is 4.98 Å². The van der Waals surface area contributed by atoms with Crippen molar-refractivity contribution in [3.05, 3.63) is 62.3 Å². The van der Waals surface area contributed by atoms with E-state index in [4.69, 9.17) is 4.18 Å². The van der Waals surface area contributed by atoms with Crippen molar-refractivity contribution in [2.75, 3.05) is 6.26 Å². The number of halogens is 4. The maximum atomic E-state index is 13.3. The Hall–Kier alpha value is -0.900. The lowest BCUT2D eigenvalue weighted by molar-refractivity contribution is 0.210. The Morgan fingerprint density at radius 3 is 2.35 bits per heavy atom. The summed E-state index contributed by atoms with van der Waals surface area (Å²) in [6, 6.07) is 6.30. The summed E-state index contributed by atoms with van der Waals surface area (Å²) in [6.07, 6.45) is -0.194. The molecule has 0 saturated carbocycles. The lowest BCUT2D eigenvalue weighted by Crippen LogP contribution is -2.15. The number of benzene rings is 1. The lowest BCUT2D eigenvalue weighted by atomic mass is 10.0. The van der Waals surface area contributed by atoms with Crippen LogP contribution >= 0.6 is 31.9 Å². The van der Waals surface area contributed by atoms with Gasteiger partial charge in [-0.25, -0.2) is 13.8 Å². The third-order valence-corrected chi connectivity index (χ3v) is 4.47. The van der Waals surface area contributed by atoms with E-state index in [2.05, 4.69) is 36.8 Å². The Morgan fingerprint density at radius 2 is 1.78 bits per heavy atom. The average Bonchev–Trinajstić information content (AvgIpc) is 2.38. The van der Waals surface area contributed by atoms with E-state index in [-0.39, 0.29) is 12.0 Å². The number of rotatable bonds is 5. The van der Waals surface area contributed by atoms with Crippen LogP contribution in [0.4, 0.5) is 8.78 Å². The molecular weight excluding hydrogens is 460 g/mol. The zero-order chi connectivity index (χ0) is 17.2. The second kappa shape index (κ2) is 7.33. The molecule has 1 aromatic carbocycles. The lowest BCUT2D eigenvalue weighted by Gasteiger charge is -2.17. The van der Waals surface area contributed by atoms with E-state index in [0.717, 1.165) is 24.5 Å². The largest absolute Gasteiger partial charge is 0.265 e. The normalized spacial score (nSPS) is 13.1. The number of nitrogens with zero attached hydrogens (tertiary/aromatic N) is 1. The minimum Gasteiger partial charge on any atom is -0.260 e. The van der Waals surface area contributed by atoms with Gasteiger partial charge in [0.2, 0.25) is 0 Å². The predicted octanol–water partition coefficient (Wildman–Crippen LogP) is 4.14. The number of aromatic nitrogens is 1. The smallest absolute Gasteiger partial charge is 0.260 e. The molecule has 0 fully saturated rings. The molecule has 0 N–H and O–H groups in total. The first-order valence-corrected chi connectivity index (χ1v) is 9.69. The summed E-state index contributed by atoms with van der Waals surface area (Å²) in [6.45, 7) is 0. The average molecular weight is 471 g/mol. The highest BCUT2D eigenvalue weighted by molar-refractivity contribution is 9.11. The molecule has 1 atom stereocenters. The molecule has 124 valence electrons. The van der Waals surface area contributed by atoms with Gasteiger partial charge in [0.15, 0.2) is 0 Å². The van der Waals surface area contributed by atoms with Crippen LogP contribution in [0.1, 0.15) is 17.4 Å². The topological polar surface area (TPSA) is 56.3 Å². The molecule has 2 aromatic rings. The van der Waals surface area contributed by atoms with Crippen molar-refractivity contribution in [1.29, 1.82) is 0 Å². The van der Waals surface area contributed by atoms with Gasteiger partial charge in [0, 0.05) is 17.0 Å². The van der Waals surface area contributed by atoms with Gasteiger partial charge < -0.3 is 0 Å². The van der Waals surface area contributed by atoms with Crippen LogP contribution in [0.3, 0.4) is 0 Å². The van der Waals surface area contributed by atoms with E-state index in [1.807, 2.05) is 0 Å². The highest BCUT2D eigenvalue weighted by Gasteiger charge is 2.23. The molecule has 0 aliphatic heterocycles. The van der Waals surface area contributed by atoms with Crippen molar-refractivity contribution >= 4 is 42.0 Å². The van der Waals surface area contributed by atoms with Gasteiger partial charge in [-0.1, -0.05) is 0 Å². The standard InChI is InChI=1S/C14H11Br2F2NO3S/c1-23(20,21)22-12(14-11(15)2-3-13(16)19-14)6-8-4-9(17)7-10(18)5-8/h2-5,7,12H,6H2,1H3. The molecule has 1 unspecified atom stereocenters. The third-order valence-electron chi connectivity index (χ3n) is 2.78. The number of pyridine rings is 1. The number of hydrogen-bond acceptors (Lipinski definition) is 4. The zero-order valence-electron chi connectivity index (χ0n) is 11.8. The summed E-state index contributed by atoms with van der Waals surface area (Å²) in [5.74, 6) is -1.50.